The van der Waals surface area contributed by atoms with Gasteiger partial charge < -0.3 is 5.32 Å². The zero-order chi connectivity index (χ0) is 12.8. The second-order valence-electron chi connectivity index (χ2n) is 6.23. The van der Waals surface area contributed by atoms with Gasteiger partial charge in [0.1, 0.15) is 0 Å². The third-order valence-corrected chi connectivity index (χ3v) is 4.86. The molecular formula is C16H32N2. The summed E-state index contributed by atoms with van der Waals surface area (Å²) in [6, 6.07) is 2.51. The van der Waals surface area contributed by atoms with Crippen LogP contribution in [0.25, 0.3) is 0 Å². The lowest BCUT2D eigenvalue weighted by molar-refractivity contribution is 0.0766. The fourth-order valence-corrected chi connectivity index (χ4v) is 4.01. The molecule has 2 fully saturated rings. The fourth-order valence-electron chi connectivity index (χ4n) is 4.01. The molecule has 0 radical (unpaired) electrons. The molecule has 1 aliphatic heterocycles. The van der Waals surface area contributed by atoms with Gasteiger partial charge in [-0.15, -0.1) is 0 Å². The Bertz CT molecular complexity index is 227. The first kappa shape index (κ1) is 14.3. The van der Waals surface area contributed by atoms with Crippen molar-refractivity contribution in [1.29, 1.82) is 0 Å². The molecule has 1 heterocycles. The monoisotopic (exact) mass is 252 g/mol. The molecule has 1 N–H and O–H groups in total. The van der Waals surface area contributed by atoms with Gasteiger partial charge in [-0.05, 0) is 51.6 Å². The minimum absolute atomic E-state index is 0.780. The smallest absolute Gasteiger partial charge is 0.0252 e. The zero-order valence-corrected chi connectivity index (χ0v) is 12.5. The Kier molecular flexibility index (Phi) is 5.97. The number of hydrogen-bond acceptors (Lipinski definition) is 2. The van der Waals surface area contributed by atoms with Crippen molar-refractivity contribution in [3.8, 4) is 0 Å². The predicted octanol–water partition coefficient (Wildman–Crippen LogP) is 3.56. The van der Waals surface area contributed by atoms with Crippen molar-refractivity contribution in [2.45, 2.75) is 89.8 Å². The van der Waals surface area contributed by atoms with Crippen molar-refractivity contribution in [2.24, 2.45) is 0 Å². The Morgan fingerprint density at radius 1 is 1.00 bits per heavy atom. The molecule has 1 saturated carbocycles. The summed E-state index contributed by atoms with van der Waals surface area (Å²) in [5, 5.41) is 3.80. The van der Waals surface area contributed by atoms with E-state index in [9.17, 15) is 0 Å². The van der Waals surface area contributed by atoms with Crippen LogP contribution in [0.15, 0.2) is 0 Å². The van der Waals surface area contributed by atoms with Crippen molar-refractivity contribution < 1.29 is 0 Å². The molecule has 3 atom stereocenters. The van der Waals surface area contributed by atoms with Crippen LogP contribution in [0.2, 0.25) is 0 Å². The summed E-state index contributed by atoms with van der Waals surface area (Å²) < 4.78 is 0. The lowest BCUT2D eigenvalue weighted by Crippen LogP contribution is -2.53. The predicted molar refractivity (Wildman–Crippen MR) is 79.0 cm³/mol. The maximum Gasteiger partial charge on any atom is 0.0252 e. The van der Waals surface area contributed by atoms with Gasteiger partial charge in [0, 0.05) is 18.1 Å². The van der Waals surface area contributed by atoms with E-state index in [2.05, 4.69) is 24.1 Å². The molecule has 0 spiro atoms. The molecule has 0 amide bonds. The zero-order valence-electron chi connectivity index (χ0n) is 12.5. The largest absolute Gasteiger partial charge is 0.312 e. The molecule has 1 saturated heterocycles. The summed E-state index contributed by atoms with van der Waals surface area (Å²) >= 11 is 0. The van der Waals surface area contributed by atoms with Gasteiger partial charge in [0.25, 0.3) is 0 Å². The van der Waals surface area contributed by atoms with Gasteiger partial charge >= 0.3 is 0 Å². The summed E-state index contributed by atoms with van der Waals surface area (Å²) in [4.78, 5) is 2.88. The average Bonchev–Trinajstić information content (AvgIpc) is 2.85. The highest BCUT2D eigenvalue weighted by Gasteiger charge is 2.35. The summed E-state index contributed by atoms with van der Waals surface area (Å²) in [6.07, 6.45) is 12.6. The molecule has 0 aromatic heterocycles. The van der Waals surface area contributed by atoms with E-state index in [1.165, 1.54) is 70.9 Å². The quantitative estimate of drug-likeness (QED) is 0.777. The molecule has 0 aromatic rings. The number of nitrogens with one attached hydrogen (secondary N) is 1. The minimum atomic E-state index is 0.780. The summed E-state index contributed by atoms with van der Waals surface area (Å²) in [5.41, 5.74) is 0. The third-order valence-electron chi connectivity index (χ3n) is 4.86. The van der Waals surface area contributed by atoms with Crippen LogP contribution in [-0.4, -0.2) is 36.1 Å². The number of nitrogens with zero attached hydrogens (tertiary/aromatic N) is 1. The third kappa shape index (κ3) is 3.48. The van der Waals surface area contributed by atoms with Crippen LogP contribution in [0.4, 0.5) is 0 Å². The van der Waals surface area contributed by atoms with Gasteiger partial charge in [0.15, 0.2) is 0 Å². The van der Waals surface area contributed by atoms with E-state index in [1.54, 1.807) is 0 Å². The van der Waals surface area contributed by atoms with Crippen LogP contribution in [0.3, 0.4) is 0 Å². The molecule has 1 aliphatic carbocycles. The standard InChI is InChI=1S/C16H32N2/c1-3-8-14-9-5-6-13-18(14)16-11-7-10-15(16)17-12-4-2/h14-17H,3-13H2,1-2H3. The number of piperidine rings is 1. The van der Waals surface area contributed by atoms with Crippen LogP contribution in [0, 0.1) is 0 Å². The number of hydrogen-bond donors (Lipinski definition) is 1. The summed E-state index contributed by atoms with van der Waals surface area (Å²) in [6.45, 7) is 7.18. The van der Waals surface area contributed by atoms with E-state index in [0.717, 1.165) is 18.1 Å². The maximum absolute atomic E-state index is 3.80. The van der Waals surface area contributed by atoms with Gasteiger partial charge in [-0.2, -0.15) is 0 Å². The molecule has 2 nitrogen and oxygen atoms in total. The normalized spacial score (nSPS) is 34.0. The number of likely N-dealkylation sites (tertiary alicyclic amines) is 1. The highest BCUT2D eigenvalue weighted by atomic mass is 15.2. The van der Waals surface area contributed by atoms with Crippen molar-refractivity contribution in [1.82, 2.24) is 10.2 Å². The second kappa shape index (κ2) is 7.49. The number of rotatable bonds is 6. The lowest BCUT2D eigenvalue weighted by Gasteiger charge is -2.42. The highest BCUT2D eigenvalue weighted by molar-refractivity contribution is 4.94. The molecule has 18 heavy (non-hydrogen) atoms. The van der Waals surface area contributed by atoms with Crippen LogP contribution >= 0.6 is 0 Å². The van der Waals surface area contributed by atoms with Crippen molar-refractivity contribution >= 4 is 0 Å². The Morgan fingerprint density at radius 2 is 1.89 bits per heavy atom. The van der Waals surface area contributed by atoms with E-state index in [1.807, 2.05) is 0 Å². The van der Waals surface area contributed by atoms with Gasteiger partial charge in [-0.25, -0.2) is 0 Å². The van der Waals surface area contributed by atoms with Gasteiger partial charge in [-0.3, -0.25) is 4.90 Å². The first-order valence-electron chi connectivity index (χ1n) is 8.36. The Balaban J connectivity index is 1.93. The van der Waals surface area contributed by atoms with Crippen LogP contribution in [0.1, 0.15) is 71.6 Å². The molecule has 2 heteroatoms. The molecule has 3 unspecified atom stereocenters. The minimum Gasteiger partial charge on any atom is -0.312 e. The lowest BCUT2D eigenvalue weighted by atomic mass is 9.94. The summed E-state index contributed by atoms with van der Waals surface area (Å²) in [7, 11) is 0. The fraction of sp³-hybridized carbons (Fsp3) is 1.00. The Hall–Kier alpha value is -0.0800. The molecule has 2 rings (SSSR count). The topological polar surface area (TPSA) is 15.3 Å². The van der Waals surface area contributed by atoms with E-state index in [4.69, 9.17) is 0 Å². The summed E-state index contributed by atoms with van der Waals surface area (Å²) in [5.74, 6) is 0. The molecular weight excluding hydrogens is 220 g/mol. The Labute approximate surface area is 114 Å². The highest BCUT2D eigenvalue weighted by Crippen LogP contribution is 2.31. The van der Waals surface area contributed by atoms with Crippen molar-refractivity contribution in [2.75, 3.05) is 13.1 Å². The molecule has 0 bridgehead atoms. The van der Waals surface area contributed by atoms with Crippen molar-refractivity contribution in [3.63, 3.8) is 0 Å². The first-order valence-corrected chi connectivity index (χ1v) is 8.36. The van der Waals surface area contributed by atoms with E-state index >= 15 is 0 Å². The molecule has 2 aliphatic rings. The van der Waals surface area contributed by atoms with Gasteiger partial charge in [0.2, 0.25) is 0 Å². The molecule has 0 aromatic carbocycles. The van der Waals surface area contributed by atoms with E-state index < -0.39 is 0 Å². The average molecular weight is 252 g/mol. The molecule has 106 valence electrons. The van der Waals surface area contributed by atoms with Crippen LogP contribution < -0.4 is 5.32 Å². The van der Waals surface area contributed by atoms with Gasteiger partial charge in [0.05, 0.1) is 0 Å². The van der Waals surface area contributed by atoms with E-state index in [0.29, 0.717) is 0 Å². The maximum atomic E-state index is 3.80. The van der Waals surface area contributed by atoms with Crippen LogP contribution in [0.5, 0.6) is 0 Å². The van der Waals surface area contributed by atoms with E-state index in [-0.39, 0.29) is 0 Å². The van der Waals surface area contributed by atoms with Crippen LogP contribution in [-0.2, 0) is 0 Å². The van der Waals surface area contributed by atoms with Gasteiger partial charge in [-0.1, -0.05) is 33.1 Å². The van der Waals surface area contributed by atoms with Crippen molar-refractivity contribution in [3.05, 3.63) is 0 Å². The second-order valence-corrected chi connectivity index (χ2v) is 6.23. The first-order chi connectivity index (χ1) is 8.86. The SMILES string of the molecule is CCCNC1CCCC1N1CCCCC1CCC. The Morgan fingerprint density at radius 3 is 2.67 bits per heavy atom.